The van der Waals surface area contributed by atoms with Crippen LogP contribution in [0.5, 0.6) is 17.2 Å². The van der Waals surface area contributed by atoms with E-state index >= 15 is 0 Å². The number of likely N-dealkylation sites (tertiary alicyclic amines) is 1. The van der Waals surface area contributed by atoms with E-state index in [1.54, 1.807) is 25.3 Å². The Kier molecular flexibility index (Phi) is 6.16. The molecule has 1 amide bonds. The number of ketones is 1. The first-order chi connectivity index (χ1) is 15.0. The van der Waals surface area contributed by atoms with Gasteiger partial charge in [-0.15, -0.1) is 0 Å². The average Bonchev–Trinajstić information content (AvgIpc) is 2.80. The molecule has 1 saturated heterocycles. The summed E-state index contributed by atoms with van der Waals surface area (Å²) in [5.41, 5.74) is 1.32. The highest BCUT2D eigenvalue weighted by atomic mass is 16.5. The molecule has 0 saturated carbocycles. The molecule has 2 aliphatic rings. The lowest BCUT2D eigenvalue weighted by Crippen LogP contribution is -2.52. The van der Waals surface area contributed by atoms with Crippen LogP contribution in [0.4, 0.5) is 0 Å². The number of rotatable bonds is 6. The van der Waals surface area contributed by atoms with Crippen molar-refractivity contribution in [3.05, 3.63) is 53.6 Å². The third-order valence-corrected chi connectivity index (χ3v) is 6.24. The second-order valence-electron chi connectivity index (χ2n) is 8.22. The van der Waals surface area contributed by atoms with Crippen LogP contribution in [0, 0.1) is 0 Å². The van der Waals surface area contributed by atoms with Gasteiger partial charge in [-0.25, -0.2) is 0 Å². The third kappa shape index (κ3) is 4.68. The van der Waals surface area contributed by atoms with Crippen LogP contribution in [-0.2, 0) is 11.2 Å². The van der Waals surface area contributed by atoms with Crippen LogP contribution >= 0.6 is 0 Å². The van der Waals surface area contributed by atoms with Gasteiger partial charge >= 0.3 is 0 Å². The minimum Gasteiger partial charge on any atom is -0.497 e. The summed E-state index contributed by atoms with van der Waals surface area (Å²) in [4.78, 5) is 27.2. The largest absolute Gasteiger partial charge is 0.497 e. The van der Waals surface area contributed by atoms with Gasteiger partial charge in [-0.05, 0) is 42.3 Å². The zero-order chi connectivity index (χ0) is 21.8. The highest BCUT2D eigenvalue weighted by Gasteiger charge is 2.43. The molecule has 6 heteroatoms. The maximum atomic E-state index is 12.7. The smallest absolute Gasteiger partial charge is 0.226 e. The van der Waals surface area contributed by atoms with Crippen molar-refractivity contribution in [3.8, 4) is 17.2 Å². The second-order valence-corrected chi connectivity index (χ2v) is 8.22. The second kappa shape index (κ2) is 9.00. The molecule has 0 aliphatic carbocycles. The van der Waals surface area contributed by atoms with Crippen molar-refractivity contribution in [1.82, 2.24) is 4.90 Å². The average molecular weight is 424 g/mol. The highest BCUT2D eigenvalue weighted by molar-refractivity contribution is 6.00. The molecule has 4 rings (SSSR count). The minimum absolute atomic E-state index is 0.0717. The molecule has 6 nitrogen and oxygen atoms in total. The molecule has 0 N–H and O–H groups in total. The Morgan fingerprint density at radius 2 is 1.81 bits per heavy atom. The molecule has 2 heterocycles. The molecule has 2 aliphatic heterocycles. The number of methoxy groups -OCH3 is 1. The Bertz CT molecular complexity index is 945. The fraction of sp³-hybridized carbons (Fsp3) is 0.440. The summed E-state index contributed by atoms with van der Waals surface area (Å²) < 4.78 is 17.2. The van der Waals surface area contributed by atoms with Crippen LogP contribution < -0.4 is 14.2 Å². The summed E-state index contributed by atoms with van der Waals surface area (Å²) in [5.74, 6) is 2.19. The van der Waals surface area contributed by atoms with E-state index in [0.29, 0.717) is 62.4 Å². The van der Waals surface area contributed by atoms with E-state index in [2.05, 4.69) is 6.92 Å². The number of carbonyl (C=O) groups excluding carboxylic acids is 2. The van der Waals surface area contributed by atoms with Gasteiger partial charge in [0.15, 0.2) is 5.78 Å². The molecule has 1 fully saturated rings. The summed E-state index contributed by atoms with van der Waals surface area (Å²) in [6, 6.07) is 13.3. The third-order valence-electron chi connectivity index (χ3n) is 6.24. The fourth-order valence-corrected chi connectivity index (χ4v) is 4.28. The lowest BCUT2D eigenvalue weighted by Gasteiger charge is -2.44. The summed E-state index contributed by atoms with van der Waals surface area (Å²) in [6.45, 7) is 3.64. The lowest BCUT2D eigenvalue weighted by molar-refractivity contribution is -0.135. The van der Waals surface area contributed by atoms with Gasteiger partial charge in [0.25, 0.3) is 0 Å². The van der Waals surface area contributed by atoms with Gasteiger partial charge in [-0.3, -0.25) is 9.59 Å². The Morgan fingerprint density at radius 1 is 1.10 bits per heavy atom. The predicted octanol–water partition coefficient (Wildman–Crippen LogP) is 4.05. The number of nitrogens with zero attached hydrogens (tertiary/aromatic N) is 1. The SMILES string of the molecule is CCc1ccc(OCCC(=O)N2CCC3(CC2)CC(=O)c2cc(OC)ccc2O3)cc1. The van der Waals surface area contributed by atoms with Crippen molar-refractivity contribution < 1.29 is 23.8 Å². The first-order valence-corrected chi connectivity index (χ1v) is 10.9. The van der Waals surface area contributed by atoms with Crippen LogP contribution in [0.1, 0.15) is 48.5 Å². The summed E-state index contributed by atoms with van der Waals surface area (Å²) >= 11 is 0. The molecule has 0 aromatic heterocycles. The Hall–Kier alpha value is -3.02. The van der Waals surface area contributed by atoms with Gasteiger partial charge in [0.2, 0.25) is 5.91 Å². The Balaban J connectivity index is 1.28. The number of carbonyl (C=O) groups is 2. The van der Waals surface area contributed by atoms with Gasteiger partial charge in [0.1, 0.15) is 22.8 Å². The first-order valence-electron chi connectivity index (χ1n) is 10.9. The maximum absolute atomic E-state index is 12.7. The van der Waals surface area contributed by atoms with Gasteiger partial charge in [-0.2, -0.15) is 0 Å². The standard InChI is InChI=1S/C25H29NO5/c1-3-18-4-6-19(7-5-18)30-15-10-24(28)26-13-11-25(12-14-26)17-22(27)21-16-20(29-2)8-9-23(21)31-25/h4-9,16H,3,10-15,17H2,1-2H3. The van der Waals surface area contributed by atoms with E-state index in [1.165, 1.54) is 5.56 Å². The van der Waals surface area contributed by atoms with E-state index in [1.807, 2.05) is 29.2 Å². The van der Waals surface area contributed by atoms with Gasteiger partial charge in [0.05, 0.1) is 32.1 Å². The number of piperidine rings is 1. The van der Waals surface area contributed by atoms with E-state index in [4.69, 9.17) is 14.2 Å². The number of benzene rings is 2. The van der Waals surface area contributed by atoms with Crippen LogP contribution in [-0.4, -0.2) is 49.0 Å². The lowest BCUT2D eigenvalue weighted by atomic mass is 9.82. The predicted molar refractivity (Wildman–Crippen MR) is 117 cm³/mol. The van der Waals surface area contributed by atoms with Gasteiger partial charge < -0.3 is 19.1 Å². The molecular weight excluding hydrogens is 394 g/mol. The molecular formula is C25H29NO5. The number of hydrogen-bond acceptors (Lipinski definition) is 5. The first kappa shape index (κ1) is 21.2. The minimum atomic E-state index is -0.521. The topological polar surface area (TPSA) is 65.1 Å². The molecule has 2 aromatic carbocycles. The van der Waals surface area contributed by atoms with Crippen molar-refractivity contribution >= 4 is 11.7 Å². The van der Waals surface area contributed by atoms with E-state index in [9.17, 15) is 9.59 Å². The van der Waals surface area contributed by atoms with Crippen LogP contribution in [0.3, 0.4) is 0 Å². The summed E-state index contributed by atoms with van der Waals surface area (Å²) in [5, 5.41) is 0. The summed E-state index contributed by atoms with van der Waals surface area (Å²) in [7, 11) is 1.58. The number of amides is 1. The molecule has 0 atom stereocenters. The maximum Gasteiger partial charge on any atom is 0.226 e. The van der Waals surface area contributed by atoms with Crippen molar-refractivity contribution in [2.24, 2.45) is 0 Å². The molecule has 164 valence electrons. The Labute approximate surface area is 183 Å². The Morgan fingerprint density at radius 3 is 2.48 bits per heavy atom. The molecule has 0 unspecified atom stereocenters. The highest BCUT2D eigenvalue weighted by Crippen LogP contribution is 2.40. The van der Waals surface area contributed by atoms with Crippen LogP contribution in [0.25, 0.3) is 0 Å². The molecule has 1 spiro atoms. The van der Waals surface area contributed by atoms with Gasteiger partial charge in [0, 0.05) is 25.9 Å². The molecule has 0 radical (unpaired) electrons. The number of Topliss-reactive ketones (excluding diaryl/α,β-unsaturated/α-hetero) is 1. The van der Waals surface area contributed by atoms with Crippen molar-refractivity contribution in [3.63, 3.8) is 0 Å². The zero-order valence-electron chi connectivity index (χ0n) is 18.2. The number of fused-ring (bicyclic) bond motifs is 1. The van der Waals surface area contributed by atoms with E-state index in [0.717, 1.165) is 12.2 Å². The number of aryl methyl sites for hydroxylation is 1. The van der Waals surface area contributed by atoms with E-state index < -0.39 is 5.60 Å². The van der Waals surface area contributed by atoms with Crippen LogP contribution in [0.15, 0.2) is 42.5 Å². The van der Waals surface area contributed by atoms with Crippen LogP contribution in [0.2, 0.25) is 0 Å². The fourth-order valence-electron chi connectivity index (χ4n) is 4.28. The number of ether oxygens (including phenoxy) is 3. The van der Waals surface area contributed by atoms with Gasteiger partial charge in [-0.1, -0.05) is 19.1 Å². The number of hydrogen-bond donors (Lipinski definition) is 0. The van der Waals surface area contributed by atoms with Crippen molar-refractivity contribution in [2.45, 2.75) is 44.6 Å². The summed E-state index contributed by atoms with van der Waals surface area (Å²) in [6.07, 6.45) is 2.96. The molecule has 2 aromatic rings. The van der Waals surface area contributed by atoms with Crippen molar-refractivity contribution in [2.75, 3.05) is 26.8 Å². The monoisotopic (exact) mass is 423 g/mol. The van der Waals surface area contributed by atoms with Crippen molar-refractivity contribution in [1.29, 1.82) is 0 Å². The quantitative estimate of drug-likeness (QED) is 0.701. The molecule has 31 heavy (non-hydrogen) atoms. The van der Waals surface area contributed by atoms with E-state index in [-0.39, 0.29) is 11.7 Å². The normalized spacial score (nSPS) is 17.1. The molecule has 0 bridgehead atoms. The zero-order valence-corrected chi connectivity index (χ0v) is 18.2.